The van der Waals surface area contributed by atoms with Crippen molar-refractivity contribution in [3.63, 3.8) is 0 Å². The lowest BCUT2D eigenvalue weighted by atomic mass is 10.1. The molecule has 7 nitrogen and oxygen atoms in total. The van der Waals surface area contributed by atoms with Gasteiger partial charge in [0.05, 0.1) is 7.11 Å². The van der Waals surface area contributed by atoms with Crippen molar-refractivity contribution in [2.24, 2.45) is 0 Å². The number of fused-ring (bicyclic) bond motifs is 1. The fourth-order valence-electron chi connectivity index (χ4n) is 3.64. The number of aromatic nitrogens is 1. The van der Waals surface area contributed by atoms with Crippen molar-refractivity contribution in [2.75, 3.05) is 13.7 Å². The maximum absolute atomic E-state index is 13.4. The second-order valence-corrected chi connectivity index (χ2v) is 7.80. The summed E-state index contributed by atoms with van der Waals surface area (Å²) < 4.78 is 12.2. The minimum absolute atomic E-state index is 0.0786. The van der Waals surface area contributed by atoms with Crippen molar-refractivity contribution in [3.8, 4) is 5.75 Å². The van der Waals surface area contributed by atoms with Crippen molar-refractivity contribution in [3.05, 3.63) is 98.4 Å². The summed E-state index contributed by atoms with van der Waals surface area (Å²) in [6.07, 6.45) is 1.37. The summed E-state index contributed by atoms with van der Waals surface area (Å²) in [5, 5.41) is 0.582. The maximum atomic E-state index is 13.4. The van der Waals surface area contributed by atoms with E-state index in [0.717, 1.165) is 11.1 Å². The molecule has 0 N–H and O–H groups in total. The highest BCUT2D eigenvalue weighted by atomic mass is 35.5. The van der Waals surface area contributed by atoms with Crippen molar-refractivity contribution in [2.45, 2.75) is 19.7 Å². The van der Waals surface area contributed by atoms with Gasteiger partial charge >= 0.3 is 5.97 Å². The zero-order valence-electron chi connectivity index (χ0n) is 17.4. The second kappa shape index (κ2) is 9.28. The summed E-state index contributed by atoms with van der Waals surface area (Å²) in [6, 6.07) is 16.5. The van der Waals surface area contributed by atoms with Crippen LogP contribution in [-0.4, -0.2) is 35.0 Å². The Labute approximate surface area is 189 Å². The first-order valence-electron chi connectivity index (χ1n) is 10.0. The Morgan fingerprint density at radius 3 is 2.50 bits per heavy atom. The van der Waals surface area contributed by atoms with Crippen LogP contribution >= 0.6 is 11.6 Å². The SMILES string of the molecule is COC(=O)c1cn2c(c(OCc3ccccc3)c1=O)C(=O)N(Cc1cccc(Cl)c1)CC2. The summed E-state index contributed by atoms with van der Waals surface area (Å²) in [5.74, 6) is -1.28. The van der Waals surface area contributed by atoms with Crippen molar-refractivity contribution in [1.82, 2.24) is 9.47 Å². The van der Waals surface area contributed by atoms with Gasteiger partial charge in [0.1, 0.15) is 12.2 Å². The molecule has 0 radical (unpaired) electrons. The highest BCUT2D eigenvalue weighted by molar-refractivity contribution is 6.30. The number of rotatable bonds is 6. The zero-order chi connectivity index (χ0) is 22.7. The number of carbonyl (C=O) groups is 2. The number of benzene rings is 2. The quantitative estimate of drug-likeness (QED) is 0.535. The Morgan fingerprint density at radius 2 is 1.78 bits per heavy atom. The molecule has 0 aliphatic carbocycles. The normalized spacial score (nSPS) is 12.9. The van der Waals surface area contributed by atoms with Crippen LogP contribution in [0.1, 0.15) is 32.0 Å². The molecule has 0 bridgehead atoms. The number of halogens is 1. The fraction of sp³-hybridized carbons (Fsp3) is 0.208. The number of ether oxygens (including phenoxy) is 2. The largest absolute Gasteiger partial charge is 0.483 e. The van der Waals surface area contributed by atoms with E-state index < -0.39 is 11.4 Å². The van der Waals surface area contributed by atoms with Gasteiger partial charge in [-0.3, -0.25) is 9.59 Å². The molecule has 32 heavy (non-hydrogen) atoms. The molecule has 1 amide bonds. The van der Waals surface area contributed by atoms with Crippen LogP contribution in [0.5, 0.6) is 5.75 Å². The van der Waals surface area contributed by atoms with Gasteiger partial charge in [0.25, 0.3) is 5.91 Å². The molecule has 8 heteroatoms. The van der Waals surface area contributed by atoms with E-state index >= 15 is 0 Å². The highest BCUT2D eigenvalue weighted by Crippen LogP contribution is 2.24. The third-order valence-electron chi connectivity index (χ3n) is 5.23. The van der Waals surface area contributed by atoms with Crippen molar-refractivity contribution < 1.29 is 19.1 Å². The molecule has 2 aromatic carbocycles. The first-order chi connectivity index (χ1) is 15.5. The van der Waals surface area contributed by atoms with E-state index in [2.05, 4.69) is 0 Å². The first-order valence-corrected chi connectivity index (χ1v) is 10.4. The number of hydrogen-bond acceptors (Lipinski definition) is 5. The smallest absolute Gasteiger partial charge is 0.343 e. The maximum Gasteiger partial charge on any atom is 0.343 e. The fourth-order valence-corrected chi connectivity index (χ4v) is 3.85. The summed E-state index contributed by atoms with van der Waals surface area (Å²) in [5.41, 5.74) is 0.979. The molecule has 1 aromatic heterocycles. The van der Waals surface area contributed by atoms with E-state index in [1.807, 2.05) is 42.5 Å². The third-order valence-corrected chi connectivity index (χ3v) is 5.47. The number of hydrogen-bond donors (Lipinski definition) is 0. The van der Waals surface area contributed by atoms with Gasteiger partial charge in [-0.25, -0.2) is 4.79 Å². The summed E-state index contributed by atoms with van der Waals surface area (Å²) in [4.78, 5) is 40.3. The lowest BCUT2D eigenvalue weighted by Gasteiger charge is -2.31. The Hall–Kier alpha value is -3.58. The molecule has 0 unspecified atom stereocenters. The third kappa shape index (κ3) is 4.38. The summed E-state index contributed by atoms with van der Waals surface area (Å²) in [7, 11) is 1.20. The lowest BCUT2D eigenvalue weighted by molar-refractivity contribution is 0.0590. The molecule has 0 fully saturated rings. The summed E-state index contributed by atoms with van der Waals surface area (Å²) in [6.45, 7) is 1.22. The van der Waals surface area contributed by atoms with Crippen LogP contribution in [0, 0.1) is 0 Å². The molecule has 0 saturated heterocycles. The van der Waals surface area contributed by atoms with Crippen LogP contribution in [0.2, 0.25) is 5.02 Å². The van der Waals surface area contributed by atoms with E-state index in [9.17, 15) is 14.4 Å². The molecule has 0 spiro atoms. The molecular formula is C24H21ClN2O5. The number of pyridine rings is 1. The monoisotopic (exact) mass is 452 g/mol. The van der Waals surface area contributed by atoms with Gasteiger partial charge in [0, 0.05) is 30.9 Å². The Morgan fingerprint density at radius 1 is 1.03 bits per heavy atom. The Bertz CT molecular complexity index is 1220. The molecule has 1 aliphatic rings. The predicted molar refractivity (Wildman–Crippen MR) is 119 cm³/mol. The average Bonchev–Trinajstić information content (AvgIpc) is 2.80. The van der Waals surface area contributed by atoms with Gasteiger partial charge in [0.2, 0.25) is 5.43 Å². The molecule has 2 heterocycles. The Kier molecular flexibility index (Phi) is 6.28. The highest BCUT2D eigenvalue weighted by Gasteiger charge is 2.32. The molecule has 1 aliphatic heterocycles. The minimum Gasteiger partial charge on any atom is -0.483 e. The van der Waals surface area contributed by atoms with E-state index in [0.29, 0.717) is 24.7 Å². The molecular weight excluding hydrogens is 432 g/mol. The summed E-state index contributed by atoms with van der Waals surface area (Å²) >= 11 is 6.07. The lowest BCUT2D eigenvalue weighted by Crippen LogP contribution is -2.42. The molecule has 164 valence electrons. The van der Waals surface area contributed by atoms with Crippen molar-refractivity contribution in [1.29, 1.82) is 0 Å². The van der Waals surface area contributed by atoms with Crippen LogP contribution in [0.15, 0.2) is 65.6 Å². The van der Waals surface area contributed by atoms with E-state index in [1.165, 1.54) is 13.3 Å². The van der Waals surface area contributed by atoms with Crippen LogP contribution < -0.4 is 10.2 Å². The van der Waals surface area contributed by atoms with E-state index in [-0.39, 0.29) is 29.5 Å². The number of esters is 1. The predicted octanol–water partition coefficient (Wildman–Crippen LogP) is 3.52. The van der Waals surface area contributed by atoms with Crippen molar-refractivity contribution >= 4 is 23.5 Å². The number of methoxy groups -OCH3 is 1. The van der Waals surface area contributed by atoms with Crippen LogP contribution in [-0.2, 0) is 24.4 Å². The van der Waals surface area contributed by atoms with Gasteiger partial charge in [-0.1, -0.05) is 54.1 Å². The second-order valence-electron chi connectivity index (χ2n) is 7.37. The van der Waals surface area contributed by atoms with Gasteiger partial charge in [0.15, 0.2) is 11.4 Å². The topological polar surface area (TPSA) is 77.8 Å². The average molecular weight is 453 g/mol. The number of nitrogens with zero attached hydrogens (tertiary/aromatic N) is 2. The zero-order valence-corrected chi connectivity index (χ0v) is 18.2. The number of amides is 1. The number of carbonyl (C=O) groups excluding carboxylic acids is 2. The van der Waals surface area contributed by atoms with E-state index in [4.69, 9.17) is 21.1 Å². The van der Waals surface area contributed by atoms with Gasteiger partial charge < -0.3 is 18.9 Å². The Balaban J connectivity index is 1.72. The van der Waals surface area contributed by atoms with E-state index in [1.54, 1.807) is 21.6 Å². The van der Waals surface area contributed by atoms with Gasteiger partial charge in [-0.2, -0.15) is 0 Å². The first kappa shape index (κ1) is 21.6. The molecule has 4 rings (SSSR count). The van der Waals surface area contributed by atoms with Crippen LogP contribution in [0.3, 0.4) is 0 Å². The van der Waals surface area contributed by atoms with Crippen LogP contribution in [0.25, 0.3) is 0 Å². The standard InChI is InChI=1S/C24H21ClN2O5/c1-31-24(30)19-14-26-10-11-27(13-17-8-5-9-18(25)12-17)23(29)20(26)22(21(19)28)32-15-16-6-3-2-4-7-16/h2-9,12,14H,10-11,13,15H2,1H3. The molecule has 0 saturated carbocycles. The van der Waals surface area contributed by atoms with Gasteiger partial charge in [-0.15, -0.1) is 0 Å². The van der Waals surface area contributed by atoms with Gasteiger partial charge in [-0.05, 0) is 23.3 Å². The molecule has 0 atom stereocenters. The minimum atomic E-state index is -0.774. The van der Waals surface area contributed by atoms with Crippen LogP contribution in [0.4, 0.5) is 0 Å². The molecule has 3 aromatic rings.